The van der Waals surface area contributed by atoms with Gasteiger partial charge in [-0.15, -0.1) is 5.10 Å². The summed E-state index contributed by atoms with van der Waals surface area (Å²) in [6.07, 6.45) is 3.30. The van der Waals surface area contributed by atoms with Gasteiger partial charge in [-0.1, -0.05) is 6.07 Å². The van der Waals surface area contributed by atoms with Crippen LogP contribution in [0.15, 0.2) is 48.9 Å². The number of hydrogen-bond acceptors (Lipinski definition) is 6. The van der Waals surface area contributed by atoms with Gasteiger partial charge in [0.2, 0.25) is 0 Å². The highest BCUT2D eigenvalue weighted by molar-refractivity contribution is 5.94. The SMILES string of the molecule is CCN(CC)c1ccc(CNC(=O)c2ccc(-n3cnnn3)cc2)cn1. The van der Waals surface area contributed by atoms with E-state index >= 15 is 0 Å². The van der Waals surface area contributed by atoms with Crippen LogP contribution in [-0.2, 0) is 6.54 Å². The van der Waals surface area contributed by atoms with Crippen molar-refractivity contribution in [2.45, 2.75) is 20.4 Å². The van der Waals surface area contributed by atoms with E-state index in [1.54, 1.807) is 30.5 Å². The second kappa shape index (κ2) is 8.19. The van der Waals surface area contributed by atoms with Gasteiger partial charge in [-0.05, 0) is 60.2 Å². The molecule has 1 amide bonds. The normalized spacial score (nSPS) is 10.5. The minimum atomic E-state index is -0.138. The van der Waals surface area contributed by atoms with Gasteiger partial charge in [-0.2, -0.15) is 0 Å². The van der Waals surface area contributed by atoms with E-state index in [1.165, 1.54) is 11.0 Å². The fourth-order valence-corrected chi connectivity index (χ4v) is 2.59. The Kier molecular flexibility index (Phi) is 5.52. The van der Waals surface area contributed by atoms with E-state index in [0.29, 0.717) is 12.1 Å². The molecule has 8 nitrogen and oxygen atoms in total. The second-order valence-electron chi connectivity index (χ2n) is 5.68. The average Bonchev–Trinajstić information content (AvgIpc) is 3.23. The lowest BCUT2D eigenvalue weighted by Gasteiger charge is -2.19. The Labute approximate surface area is 151 Å². The van der Waals surface area contributed by atoms with Crippen LogP contribution in [0.1, 0.15) is 29.8 Å². The van der Waals surface area contributed by atoms with E-state index < -0.39 is 0 Å². The molecule has 2 aromatic heterocycles. The topological polar surface area (TPSA) is 88.8 Å². The van der Waals surface area contributed by atoms with E-state index in [9.17, 15) is 4.79 Å². The first-order chi connectivity index (χ1) is 12.7. The maximum atomic E-state index is 12.3. The molecule has 26 heavy (non-hydrogen) atoms. The van der Waals surface area contributed by atoms with Gasteiger partial charge in [-0.25, -0.2) is 9.67 Å². The Morgan fingerprint density at radius 3 is 2.46 bits per heavy atom. The Morgan fingerprint density at radius 1 is 1.12 bits per heavy atom. The summed E-state index contributed by atoms with van der Waals surface area (Å²) in [5.41, 5.74) is 2.33. The van der Waals surface area contributed by atoms with Crippen LogP contribution >= 0.6 is 0 Å². The molecule has 0 aliphatic carbocycles. The van der Waals surface area contributed by atoms with Crippen LogP contribution in [0, 0.1) is 0 Å². The summed E-state index contributed by atoms with van der Waals surface area (Å²) in [6.45, 7) is 6.47. The number of tetrazole rings is 1. The zero-order chi connectivity index (χ0) is 18.4. The lowest BCUT2D eigenvalue weighted by atomic mass is 10.2. The number of pyridine rings is 1. The number of hydrogen-bond donors (Lipinski definition) is 1. The predicted octanol–water partition coefficient (Wildman–Crippen LogP) is 1.83. The molecule has 0 unspecified atom stereocenters. The van der Waals surface area contributed by atoms with Crippen molar-refractivity contribution in [3.63, 3.8) is 0 Å². The van der Waals surface area contributed by atoms with Crippen LogP contribution < -0.4 is 10.2 Å². The fraction of sp³-hybridized carbons (Fsp3) is 0.278. The van der Waals surface area contributed by atoms with Crippen LogP contribution in [0.4, 0.5) is 5.82 Å². The minimum absolute atomic E-state index is 0.138. The van der Waals surface area contributed by atoms with Gasteiger partial charge in [0.1, 0.15) is 12.1 Å². The minimum Gasteiger partial charge on any atom is -0.357 e. The van der Waals surface area contributed by atoms with E-state index in [4.69, 9.17) is 0 Å². The molecular formula is C18H21N7O. The molecule has 0 radical (unpaired) electrons. The van der Waals surface area contributed by atoms with Crippen molar-refractivity contribution in [2.24, 2.45) is 0 Å². The molecular weight excluding hydrogens is 330 g/mol. The highest BCUT2D eigenvalue weighted by Gasteiger charge is 2.07. The van der Waals surface area contributed by atoms with Crippen molar-refractivity contribution in [3.05, 3.63) is 60.0 Å². The largest absolute Gasteiger partial charge is 0.357 e. The zero-order valence-corrected chi connectivity index (χ0v) is 14.8. The third kappa shape index (κ3) is 4.02. The van der Waals surface area contributed by atoms with Gasteiger partial charge in [0, 0.05) is 31.4 Å². The number of amides is 1. The first-order valence-corrected chi connectivity index (χ1v) is 8.52. The summed E-state index contributed by atoms with van der Waals surface area (Å²) >= 11 is 0. The number of rotatable bonds is 7. The quantitative estimate of drug-likeness (QED) is 0.699. The monoisotopic (exact) mass is 351 g/mol. The van der Waals surface area contributed by atoms with Crippen molar-refractivity contribution in [1.82, 2.24) is 30.5 Å². The molecule has 2 heterocycles. The maximum absolute atomic E-state index is 12.3. The Hall–Kier alpha value is -3.29. The second-order valence-corrected chi connectivity index (χ2v) is 5.68. The summed E-state index contributed by atoms with van der Waals surface area (Å²) in [7, 11) is 0. The lowest BCUT2D eigenvalue weighted by molar-refractivity contribution is 0.0951. The molecule has 134 valence electrons. The summed E-state index contributed by atoms with van der Waals surface area (Å²) < 4.78 is 1.53. The molecule has 1 N–H and O–H groups in total. The van der Waals surface area contributed by atoms with Crippen molar-refractivity contribution < 1.29 is 4.79 Å². The molecule has 0 aliphatic heterocycles. The maximum Gasteiger partial charge on any atom is 0.251 e. The van der Waals surface area contributed by atoms with E-state index in [-0.39, 0.29) is 5.91 Å². The Bertz CT molecular complexity index is 825. The first-order valence-electron chi connectivity index (χ1n) is 8.52. The van der Waals surface area contributed by atoms with Crippen molar-refractivity contribution in [1.29, 1.82) is 0 Å². The molecule has 0 fully saturated rings. The van der Waals surface area contributed by atoms with E-state index in [2.05, 4.69) is 44.6 Å². The lowest BCUT2D eigenvalue weighted by Crippen LogP contribution is -2.24. The summed E-state index contributed by atoms with van der Waals surface area (Å²) in [5.74, 6) is 0.810. The van der Waals surface area contributed by atoms with E-state index in [1.807, 2.05) is 12.1 Å². The van der Waals surface area contributed by atoms with Crippen LogP contribution in [0.2, 0.25) is 0 Å². The van der Waals surface area contributed by atoms with Gasteiger partial charge in [0.05, 0.1) is 5.69 Å². The molecule has 0 saturated heterocycles. The molecule has 1 aromatic carbocycles. The standard InChI is InChI=1S/C18H21N7O/c1-3-24(4-2)17-10-5-14(11-19-17)12-20-18(26)15-6-8-16(9-7-15)25-13-21-22-23-25/h5-11,13H,3-4,12H2,1-2H3,(H,20,26). The molecule has 3 rings (SSSR count). The first kappa shape index (κ1) is 17.5. The number of nitrogens with zero attached hydrogens (tertiary/aromatic N) is 6. The fourth-order valence-electron chi connectivity index (χ4n) is 2.59. The van der Waals surface area contributed by atoms with Gasteiger partial charge in [0.15, 0.2) is 0 Å². The smallest absolute Gasteiger partial charge is 0.251 e. The summed E-state index contributed by atoms with van der Waals surface area (Å²) in [5, 5.41) is 13.9. The van der Waals surface area contributed by atoms with Crippen LogP contribution in [0.5, 0.6) is 0 Å². The predicted molar refractivity (Wildman–Crippen MR) is 98.1 cm³/mol. The average molecular weight is 351 g/mol. The molecule has 0 atom stereocenters. The Morgan fingerprint density at radius 2 is 1.88 bits per heavy atom. The third-order valence-electron chi connectivity index (χ3n) is 4.09. The number of carbonyl (C=O) groups excluding carboxylic acids is 1. The van der Waals surface area contributed by atoms with Gasteiger partial charge in [0.25, 0.3) is 5.91 Å². The summed E-state index contributed by atoms with van der Waals surface area (Å²) in [6, 6.07) is 11.1. The number of anilines is 1. The molecule has 0 aliphatic rings. The number of benzene rings is 1. The highest BCUT2D eigenvalue weighted by Crippen LogP contribution is 2.11. The van der Waals surface area contributed by atoms with E-state index in [0.717, 1.165) is 30.2 Å². The number of carbonyl (C=O) groups is 1. The number of aromatic nitrogens is 5. The zero-order valence-electron chi connectivity index (χ0n) is 14.8. The molecule has 3 aromatic rings. The third-order valence-corrected chi connectivity index (χ3v) is 4.09. The molecule has 0 spiro atoms. The van der Waals surface area contributed by atoms with Gasteiger partial charge < -0.3 is 10.2 Å². The number of nitrogens with one attached hydrogen (secondary N) is 1. The van der Waals surface area contributed by atoms with Crippen molar-refractivity contribution >= 4 is 11.7 Å². The van der Waals surface area contributed by atoms with Crippen LogP contribution in [0.3, 0.4) is 0 Å². The van der Waals surface area contributed by atoms with Crippen molar-refractivity contribution in [3.8, 4) is 5.69 Å². The Balaban J connectivity index is 1.58. The molecule has 0 saturated carbocycles. The molecule has 0 bridgehead atoms. The van der Waals surface area contributed by atoms with Gasteiger partial charge in [-0.3, -0.25) is 4.79 Å². The molecule has 8 heteroatoms. The summed E-state index contributed by atoms with van der Waals surface area (Å²) in [4.78, 5) is 18.9. The van der Waals surface area contributed by atoms with Crippen LogP contribution in [0.25, 0.3) is 5.69 Å². The van der Waals surface area contributed by atoms with Crippen LogP contribution in [-0.4, -0.2) is 44.2 Å². The highest BCUT2D eigenvalue weighted by atomic mass is 16.1. The van der Waals surface area contributed by atoms with Gasteiger partial charge >= 0.3 is 0 Å². The van der Waals surface area contributed by atoms with Crippen molar-refractivity contribution in [2.75, 3.05) is 18.0 Å².